The van der Waals surface area contributed by atoms with E-state index in [9.17, 15) is 4.79 Å². The standard InChI is InChI=1S/C16H26ClN3OS/c1-3-18-10-13-6-8-20(9-7-13)12-16(21)19(2)11-14-4-5-15(17)22-14/h4-5,13,18H,3,6-12H2,1-2H3. The van der Waals surface area contributed by atoms with Crippen molar-refractivity contribution in [3.8, 4) is 0 Å². The van der Waals surface area contributed by atoms with Gasteiger partial charge in [0.2, 0.25) is 5.91 Å². The summed E-state index contributed by atoms with van der Waals surface area (Å²) in [6.07, 6.45) is 2.37. The maximum absolute atomic E-state index is 12.3. The number of hydrogen-bond acceptors (Lipinski definition) is 4. The van der Waals surface area contributed by atoms with E-state index in [0.717, 1.165) is 41.3 Å². The highest BCUT2D eigenvalue weighted by Crippen LogP contribution is 2.22. The van der Waals surface area contributed by atoms with Gasteiger partial charge >= 0.3 is 0 Å². The van der Waals surface area contributed by atoms with E-state index in [1.807, 2.05) is 19.2 Å². The van der Waals surface area contributed by atoms with E-state index in [-0.39, 0.29) is 5.91 Å². The zero-order chi connectivity index (χ0) is 15.9. The predicted molar refractivity (Wildman–Crippen MR) is 93.5 cm³/mol. The second kappa shape index (κ2) is 8.87. The topological polar surface area (TPSA) is 35.6 Å². The summed E-state index contributed by atoms with van der Waals surface area (Å²) in [5, 5.41) is 3.42. The third-order valence-electron chi connectivity index (χ3n) is 4.20. The van der Waals surface area contributed by atoms with Crippen LogP contribution < -0.4 is 5.32 Å². The first-order valence-corrected chi connectivity index (χ1v) is 9.19. The van der Waals surface area contributed by atoms with E-state index >= 15 is 0 Å². The molecule has 1 fully saturated rings. The molecule has 0 aliphatic carbocycles. The molecule has 0 radical (unpaired) electrons. The third-order valence-corrected chi connectivity index (χ3v) is 5.41. The zero-order valence-electron chi connectivity index (χ0n) is 13.5. The summed E-state index contributed by atoms with van der Waals surface area (Å²) in [5.41, 5.74) is 0. The molecule has 1 saturated heterocycles. The molecule has 4 nitrogen and oxygen atoms in total. The molecule has 0 saturated carbocycles. The number of halogens is 1. The van der Waals surface area contributed by atoms with Crippen molar-refractivity contribution in [2.45, 2.75) is 26.3 Å². The highest BCUT2D eigenvalue weighted by Gasteiger charge is 2.21. The molecule has 1 aliphatic rings. The average Bonchev–Trinajstić information content (AvgIpc) is 2.91. The van der Waals surface area contributed by atoms with Gasteiger partial charge in [-0.25, -0.2) is 0 Å². The van der Waals surface area contributed by atoms with Gasteiger partial charge in [-0.3, -0.25) is 9.69 Å². The van der Waals surface area contributed by atoms with E-state index in [2.05, 4.69) is 17.1 Å². The van der Waals surface area contributed by atoms with Crippen molar-refractivity contribution < 1.29 is 4.79 Å². The molecule has 6 heteroatoms. The summed E-state index contributed by atoms with van der Waals surface area (Å²) in [4.78, 5) is 17.5. The number of amides is 1. The highest BCUT2D eigenvalue weighted by atomic mass is 35.5. The normalized spacial score (nSPS) is 16.9. The van der Waals surface area contributed by atoms with Crippen LogP contribution >= 0.6 is 22.9 Å². The molecule has 2 rings (SSSR count). The van der Waals surface area contributed by atoms with Crippen LogP contribution in [0.3, 0.4) is 0 Å². The highest BCUT2D eigenvalue weighted by molar-refractivity contribution is 7.16. The summed E-state index contributed by atoms with van der Waals surface area (Å²) < 4.78 is 0.776. The lowest BCUT2D eigenvalue weighted by Crippen LogP contribution is -2.43. The Morgan fingerprint density at radius 1 is 1.45 bits per heavy atom. The molecular weight excluding hydrogens is 318 g/mol. The van der Waals surface area contributed by atoms with Crippen LogP contribution in [0.4, 0.5) is 0 Å². The lowest BCUT2D eigenvalue weighted by molar-refractivity contribution is -0.132. The van der Waals surface area contributed by atoms with Gasteiger partial charge in [0.05, 0.1) is 17.4 Å². The molecule has 1 N–H and O–H groups in total. The quantitative estimate of drug-likeness (QED) is 0.826. The van der Waals surface area contributed by atoms with Crippen molar-refractivity contribution in [3.63, 3.8) is 0 Å². The van der Waals surface area contributed by atoms with Crippen LogP contribution in [-0.4, -0.2) is 55.5 Å². The molecule has 1 aliphatic heterocycles. The van der Waals surface area contributed by atoms with E-state index < -0.39 is 0 Å². The van der Waals surface area contributed by atoms with Gasteiger partial charge in [-0.2, -0.15) is 0 Å². The van der Waals surface area contributed by atoms with Crippen LogP contribution in [-0.2, 0) is 11.3 Å². The smallest absolute Gasteiger partial charge is 0.236 e. The van der Waals surface area contributed by atoms with Gasteiger partial charge in [-0.1, -0.05) is 18.5 Å². The van der Waals surface area contributed by atoms with Crippen molar-refractivity contribution in [2.24, 2.45) is 5.92 Å². The minimum absolute atomic E-state index is 0.189. The monoisotopic (exact) mass is 343 g/mol. The van der Waals surface area contributed by atoms with Crippen LogP contribution in [0, 0.1) is 5.92 Å². The van der Waals surface area contributed by atoms with Gasteiger partial charge in [0.15, 0.2) is 0 Å². The van der Waals surface area contributed by atoms with E-state index in [4.69, 9.17) is 11.6 Å². The summed E-state index contributed by atoms with van der Waals surface area (Å²) in [5.74, 6) is 0.951. The summed E-state index contributed by atoms with van der Waals surface area (Å²) in [7, 11) is 1.87. The SMILES string of the molecule is CCNCC1CCN(CC(=O)N(C)Cc2ccc(Cl)s2)CC1. The molecule has 0 unspecified atom stereocenters. The molecule has 1 amide bonds. The summed E-state index contributed by atoms with van der Waals surface area (Å²) in [6.45, 7) is 7.52. The van der Waals surface area contributed by atoms with Crippen molar-refractivity contribution in [1.29, 1.82) is 0 Å². The number of rotatable bonds is 7. The minimum Gasteiger partial charge on any atom is -0.340 e. The van der Waals surface area contributed by atoms with Gasteiger partial charge in [0, 0.05) is 11.9 Å². The molecule has 1 aromatic rings. The second-order valence-electron chi connectivity index (χ2n) is 5.98. The Bertz CT molecular complexity index is 472. The Kier molecular flexibility index (Phi) is 7.15. The Labute approximate surface area is 142 Å². The maximum Gasteiger partial charge on any atom is 0.236 e. The first-order chi connectivity index (χ1) is 10.6. The first-order valence-electron chi connectivity index (χ1n) is 7.99. The van der Waals surface area contributed by atoms with Crippen LogP contribution in [0.5, 0.6) is 0 Å². The molecule has 124 valence electrons. The molecule has 0 atom stereocenters. The van der Waals surface area contributed by atoms with E-state index in [1.54, 1.807) is 4.90 Å². The van der Waals surface area contributed by atoms with Gasteiger partial charge in [-0.15, -0.1) is 11.3 Å². The summed E-state index contributed by atoms with van der Waals surface area (Å²) >= 11 is 7.47. The van der Waals surface area contributed by atoms with Crippen LogP contribution in [0.2, 0.25) is 4.34 Å². The van der Waals surface area contributed by atoms with Crippen molar-refractivity contribution in [1.82, 2.24) is 15.1 Å². The number of nitrogens with zero attached hydrogens (tertiary/aromatic N) is 2. The number of piperidine rings is 1. The Hall–Kier alpha value is -0.620. The molecule has 1 aromatic heterocycles. The first kappa shape index (κ1) is 17.7. The van der Waals surface area contributed by atoms with Crippen LogP contribution in [0.25, 0.3) is 0 Å². The average molecular weight is 344 g/mol. The lowest BCUT2D eigenvalue weighted by atomic mass is 9.97. The largest absolute Gasteiger partial charge is 0.340 e. The lowest BCUT2D eigenvalue weighted by Gasteiger charge is -2.32. The zero-order valence-corrected chi connectivity index (χ0v) is 15.1. The van der Waals surface area contributed by atoms with Gasteiger partial charge in [0.1, 0.15) is 0 Å². The van der Waals surface area contributed by atoms with Crippen molar-refractivity contribution >= 4 is 28.8 Å². The van der Waals surface area contributed by atoms with E-state index in [0.29, 0.717) is 13.1 Å². The fourth-order valence-corrected chi connectivity index (χ4v) is 3.91. The van der Waals surface area contributed by atoms with Crippen molar-refractivity contribution in [3.05, 3.63) is 21.3 Å². The number of likely N-dealkylation sites (tertiary alicyclic amines) is 1. The molecular formula is C16H26ClN3OS. The van der Waals surface area contributed by atoms with Gasteiger partial charge < -0.3 is 10.2 Å². The molecule has 0 aromatic carbocycles. The molecule has 0 bridgehead atoms. The fourth-order valence-electron chi connectivity index (χ4n) is 2.77. The predicted octanol–water partition coefficient (Wildman–Crippen LogP) is 2.68. The summed E-state index contributed by atoms with van der Waals surface area (Å²) in [6, 6.07) is 3.87. The molecule has 0 spiro atoms. The number of nitrogens with one attached hydrogen (secondary N) is 1. The van der Waals surface area contributed by atoms with Crippen LogP contribution in [0.15, 0.2) is 12.1 Å². The number of carbonyl (C=O) groups excluding carboxylic acids is 1. The fraction of sp³-hybridized carbons (Fsp3) is 0.688. The van der Waals surface area contributed by atoms with E-state index in [1.165, 1.54) is 24.2 Å². The molecule has 2 heterocycles. The van der Waals surface area contributed by atoms with Gasteiger partial charge in [0.25, 0.3) is 0 Å². The molecule has 22 heavy (non-hydrogen) atoms. The Morgan fingerprint density at radius 3 is 2.77 bits per heavy atom. The van der Waals surface area contributed by atoms with Gasteiger partial charge in [-0.05, 0) is 57.1 Å². The number of carbonyl (C=O) groups is 1. The van der Waals surface area contributed by atoms with Crippen LogP contribution in [0.1, 0.15) is 24.6 Å². The number of thiophene rings is 1. The maximum atomic E-state index is 12.3. The Balaban J connectivity index is 1.71. The Morgan fingerprint density at radius 2 is 2.18 bits per heavy atom. The number of likely N-dealkylation sites (N-methyl/N-ethyl adjacent to an activating group) is 1. The minimum atomic E-state index is 0.189. The number of hydrogen-bond donors (Lipinski definition) is 1. The van der Waals surface area contributed by atoms with Crippen molar-refractivity contribution in [2.75, 3.05) is 39.8 Å². The third kappa shape index (κ3) is 5.54. The second-order valence-corrected chi connectivity index (χ2v) is 7.78.